The Morgan fingerprint density at radius 3 is 2.68 bits per heavy atom. The molecule has 5 nitrogen and oxygen atoms in total. The summed E-state index contributed by atoms with van der Waals surface area (Å²) in [6.07, 6.45) is -0.457. The molecule has 0 aliphatic heterocycles. The van der Waals surface area contributed by atoms with E-state index in [0.29, 0.717) is 17.1 Å². The molecule has 1 unspecified atom stereocenters. The Hall–Kier alpha value is -2.38. The summed E-state index contributed by atoms with van der Waals surface area (Å²) in [6.45, 7) is 3.28. The van der Waals surface area contributed by atoms with Crippen LogP contribution in [0.15, 0.2) is 18.2 Å². The molecule has 1 fully saturated rings. The first-order valence-corrected chi connectivity index (χ1v) is 6.67. The van der Waals surface area contributed by atoms with Crippen molar-refractivity contribution in [2.24, 2.45) is 5.92 Å². The van der Waals surface area contributed by atoms with E-state index in [9.17, 15) is 18.0 Å². The number of amides is 1. The fourth-order valence-electron chi connectivity index (χ4n) is 2.22. The number of hydrogen-bond donors (Lipinski definition) is 1. The first kappa shape index (κ1) is 14.6. The Kier molecular flexibility index (Phi) is 3.19. The summed E-state index contributed by atoms with van der Waals surface area (Å²) >= 11 is 0. The smallest absolute Gasteiger partial charge is 0.260 e. The molecule has 1 heterocycles. The topological polar surface area (TPSA) is 59.8 Å². The normalized spacial score (nSPS) is 19.0. The van der Waals surface area contributed by atoms with Crippen molar-refractivity contribution in [3.05, 3.63) is 35.4 Å². The SMILES string of the molecule is Cc1nc(NC(=O)C2CC2(F)F)n(-c2ccc(F)cc2C)n1. The molecule has 3 rings (SSSR count). The van der Waals surface area contributed by atoms with Crippen LogP contribution in [0, 0.1) is 25.6 Å². The Bertz CT molecular complexity index is 757. The largest absolute Gasteiger partial charge is 0.294 e. The third kappa shape index (κ3) is 2.56. The van der Waals surface area contributed by atoms with Crippen molar-refractivity contribution in [3.63, 3.8) is 0 Å². The van der Waals surface area contributed by atoms with Crippen LogP contribution in [0.5, 0.6) is 0 Å². The number of aryl methyl sites for hydroxylation is 2. The number of hydrogen-bond acceptors (Lipinski definition) is 3. The third-order valence-corrected chi connectivity index (χ3v) is 3.48. The Labute approximate surface area is 124 Å². The molecule has 1 amide bonds. The lowest BCUT2D eigenvalue weighted by Crippen LogP contribution is -2.20. The quantitative estimate of drug-likeness (QED) is 0.948. The minimum Gasteiger partial charge on any atom is -0.294 e. The maximum absolute atomic E-state index is 13.2. The van der Waals surface area contributed by atoms with E-state index in [1.165, 1.54) is 22.9 Å². The zero-order chi connectivity index (χ0) is 16.1. The van der Waals surface area contributed by atoms with Gasteiger partial charge < -0.3 is 0 Å². The fourth-order valence-corrected chi connectivity index (χ4v) is 2.22. The monoisotopic (exact) mass is 310 g/mol. The van der Waals surface area contributed by atoms with E-state index < -0.39 is 30.0 Å². The van der Waals surface area contributed by atoms with Gasteiger partial charge in [-0.3, -0.25) is 10.1 Å². The minimum absolute atomic E-state index is 0.0416. The van der Waals surface area contributed by atoms with Crippen LogP contribution >= 0.6 is 0 Å². The van der Waals surface area contributed by atoms with Crippen molar-refractivity contribution in [2.45, 2.75) is 26.2 Å². The van der Waals surface area contributed by atoms with Crippen molar-refractivity contribution < 1.29 is 18.0 Å². The maximum atomic E-state index is 13.2. The molecular formula is C14H13F3N4O. The van der Waals surface area contributed by atoms with Crippen LogP contribution in [0.3, 0.4) is 0 Å². The van der Waals surface area contributed by atoms with E-state index in [2.05, 4.69) is 15.4 Å². The second kappa shape index (κ2) is 4.82. The van der Waals surface area contributed by atoms with Crippen molar-refractivity contribution in [1.82, 2.24) is 14.8 Å². The lowest BCUT2D eigenvalue weighted by Gasteiger charge is -2.09. The van der Waals surface area contributed by atoms with Crippen LogP contribution < -0.4 is 5.32 Å². The van der Waals surface area contributed by atoms with Gasteiger partial charge in [0.15, 0.2) is 0 Å². The highest BCUT2D eigenvalue weighted by Gasteiger charge is 2.61. The van der Waals surface area contributed by atoms with Gasteiger partial charge in [0.05, 0.1) is 5.69 Å². The molecule has 1 saturated carbocycles. The number of nitrogens with one attached hydrogen (secondary N) is 1. The van der Waals surface area contributed by atoms with Gasteiger partial charge in [-0.25, -0.2) is 13.2 Å². The van der Waals surface area contributed by atoms with Gasteiger partial charge in [0.25, 0.3) is 5.92 Å². The molecule has 22 heavy (non-hydrogen) atoms. The van der Waals surface area contributed by atoms with Crippen LogP contribution in [-0.2, 0) is 4.79 Å². The summed E-state index contributed by atoms with van der Waals surface area (Å²) in [5.74, 6) is -5.07. The molecule has 1 aromatic heterocycles. The van der Waals surface area contributed by atoms with Crippen LogP contribution in [0.1, 0.15) is 17.8 Å². The van der Waals surface area contributed by atoms with E-state index >= 15 is 0 Å². The molecule has 1 aliphatic carbocycles. The molecule has 0 radical (unpaired) electrons. The van der Waals surface area contributed by atoms with Crippen LogP contribution in [0.4, 0.5) is 19.1 Å². The molecule has 116 valence electrons. The second-order valence-electron chi connectivity index (χ2n) is 5.33. The van der Waals surface area contributed by atoms with Gasteiger partial charge in [0.2, 0.25) is 11.9 Å². The predicted molar refractivity (Wildman–Crippen MR) is 72.5 cm³/mol. The molecule has 0 saturated heterocycles. The molecule has 0 spiro atoms. The highest BCUT2D eigenvalue weighted by atomic mass is 19.3. The average molecular weight is 310 g/mol. The summed E-state index contributed by atoms with van der Waals surface area (Å²) in [5, 5.41) is 6.49. The lowest BCUT2D eigenvalue weighted by atomic mass is 10.2. The van der Waals surface area contributed by atoms with Gasteiger partial charge in [-0.15, -0.1) is 5.10 Å². The number of aromatic nitrogens is 3. The highest BCUT2D eigenvalue weighted by molar-refractivity contribution is 5.94. The van der Waals surface area contributed by atoms with Crippen LogP contribution in [-0.4, -0.2) is 26.6 Å². The van der Waals surface area contributed by atoms with Crippen molar-refractivity contribution in [1.29, 1.82) is 0 Å². The van der Waals surface area contributed by atoms with Crippen LogP contribution in [0.2, 0.25) is 0 Å². The first-order chi connectivity index (χ1) is 10.3. The van der Waals surface area contributed by atoms with Gasteiger partial charge in [-0.1, -0.05) is 0 Å². The van der Waals surface area contributed by atoms with E-state index in [-0.39, 0.29) is 5.95 Å². The molecular weight excluding hydrogens is 297 g/mol. The summed E-state index contributed by atoms with van der Waals surface area (Å²) in [4.78, 5) is 15.8. The van der Waals surface area contributed by atoms with E-state index in [0.717, 1.165) is 0 Å². The van der Waals surface area contributed by atoms with Crippen molar-refractivity contribution in [3.8, 4) is 5.69 Å². The average Bonchev–Trinajstić information content (AvgIpc) is 2.90. The second-order valence-corrected chi connectivity index (χ2v) is 5.33. The van der Waals surface area contributed by atoms with Gasteiger partial charge in [-0.05, 0) is 37.6 Å². The highest BCUT2D eigenvalue weighted by Crippen LogP contribution is 2.49. The maximum Gasteiger partial charge on any atom is 0.260 e. The molecule has 1 aromatic carbocycles. The number of rotatable bonds is 3. The molecule has 1 atom stereocenters. The van der Waals surface area contributed by atoms with Crippen LogP contribution in [0.25, 0.3) is 5.69 Å². The minimum atomic E-state index is -2.95. The Morgan fingerprint density at radius 1 is 1.41 bits per heavy atom. The number of anilines is 1. The summed E-state index contributed by atoms with van der Waals surface area (Å²) in [6, 6.07) is 4.05. The van der Waals surface area contributed by atoms with Crippen molar-refractivity contribution >= 4 is 11.9 Å². The molecule has 2 aromatic rings. The van der Waals surface area contributed by atoms with Crippen molar-refractivity contribution in [2.75, 3.05) is 5.32 Å². The van der Waals surface area contributed by atoms with Gasteiger partial charge >= 0.3 is 0 Å². The van der Waals surface area contributed by atoms with Gasteiger partial charge in [0, 0.05) is 6.42 Å². The fraction of sp³-hybridized carbons (Fsp3) is 0.357. The number of benzene rings is 1. The molecule has 8 heteroatoms. The predicted octanol–water partition coefficient (Wildman–Crippen LogP) is 2.62. The standard InChI is InChI=1S/C14H13F3N4O/c1-7-5-9(15)3-4-11(7)21-13(18-8(2)20-21)19-12(22)10-6-14(10,16)17/h3-5,10H,6H2,1-2H3,(H,18,19,20,22). The lowest BCUT2D eigenvalue weighted by molar-refractivity contribution is -0.119. The first-order valence-electron chi connectivity index (χ1n) is 6.67. The third-order valence-electron chi connectivity index (χ3n) is 3.48. The van der Waals surface area contributed by atoms with E-state index in [4.69, 9.17) is 0 Å². The molecule has 1 N–H and O–H groups in total. The number of alkyl halides is 2. The summed E-state index contributed by atoms with van der Waals surface area (Å²) in [7, 11) is 0. The zero-order valence-electron chi connectivity index (χ0n) is 11.9. The van der Waals surface area contributed by atoms with E-state index in [1.54, 1.807) is 13.8 Å². The Morgan fingerprint density at radius 2 is 2.09 bits per heavy atom. The number of nitrogens with zero attached hydrogens (tertiary/aromatic N) is 3. The molecule has 1 aliphatic rings. The number of halogens is 3. The zero-order valence-corrected chi connectivity index (χ0v) is 11.9. The summed E-state index contributed by atoms with van der Waals surface area (Å²) in [5.41, 5.74) is 1.09. The summed E-state index contributed by atoms with van der Waals surface area (Å²) < 4.78 is 40.4. The Balaban J connectivity index is 1.91. The van der Waals surface area contributed by atoms with Gasteiger partial charge in [0.1, 0.15) is 17.6 Å². The number of carbonyl (C=O) groups excluding carboxylic acids is 1. The molecule has 0 bridgehead atoms. The van der Waals surface area contributed by atoms with E-state index in [1.807, 2.05) is 0 Å². The number of carbonyl (C=O) groups is 1. The van der Waals surface area contributed by atoms with Gasteiger partial charge in [-0.2, -0.15) is 9.67 Å².